The third-order valence-corrected chi connectivity index (χ3v) is 3.46. The van der Waals surface area contributed by atoms with Crippen molar-refractivity contribution in [2.75, 3.05) is 26.2 Å². The van der Waals surface area contributed by atoms with Crippen LogP contribution in [0.5, 0.6) is 5.75 Å². The zero-order valence-electron chi connectivity index (χ0n) is 11.8. The lowest BCUT2D eigenvalue weighted by molar-refractivity contribution is -0.113. The van der Waals surface area contributed by atoms with Gasteiger partial charge in [-0.05, 0) is 38.1 Å². The number of carbonyl (C=O) groups is 1. The molecule has 20 heavy (non-hydrogen) atoms. The first kappa shape index (κ1) is 14.6. The van der Waals surface area contributed by atoms with Gasteiger partial charge in [-0.2, -0.15) is 0 Å². The first-order chi connectivity index (χ1) is 9.75. The number of rotatable bonds is 6. The summed E-state index contributed by atoms with van der Waals surface area (Å²) in [6.07, 6.45) is 6.97. The van der Waals surface area contributed by atoms with Crippen molar-refractivity contribution in [2.24, 2.45) is 5.73 Å². The molecule has 1 fully saturated rings. The van der Waals surface area contributed by atoms with Gasteiger partial charge in [0.1, 0.15) is 12.4 Å². The van der Waals surface area contributed by atoms with E-state index in [1.165, 1.54) is 38.4 Å². The maximum Gasteiger partial charge on any atom is 0.241 e. The number of nitrogens with two attached hydrogens (primary N) is 1. The minimum atomic E-state index is -0.451. The van der Waals surface area contributed by atoms with Crippen LogP contribution in [0.1, 0.15) is 24.8 Å². The number of amides is 1. The number of hydrogen-bond donors (Lipinski definition) is 1. The SMILES string of the molecule is NC(=O)/C=C\c1ccccc1OCCN1CCCCC1. The minimum absolute atomic E-state index is 0.451. The number of ether oxygens (including phenoxy) is 1. The number of piperidine rings is 1. The van der Waals surface area contributed by atoms with Crippen LogP contribution in [0.2, 0.25) is 0 Å². The fraction of sp³-hybridized carbons (Fsp3) is 0.438. The average molecular weight is 274 g/mol. The lowest BCUT2D eigenvalue weighted by Gasteiger charge is -2.26. The fourth-order valence-electron chi connectivity index (χ4n) is 2.39. The predicted molar refractivity (Wildman–Crippen MR) is 80.5 cm³/mol. The van der Waals surface area contributed by atoms with Gasteiger partial charge in [0.2, 0.25) is 5.91 Å². The molecule has 0 unspecified atom stereocenters. The molecule has 0 aliphatic carbocycles. The molecule has 1 amide bonds. The first-order valence-corrected chi connectivity index (χ1v) is 7.17. The largest absolute Gasteiger partial charge is 0.492 e. The third kappa shape index (κ3) is 4.70. The van der Waals surface area contributed by atoms with E-state index in [0.717, 1.165) is 17.9 Å². The summed E-state index contributed by atoms with van der Waals surface area (Å²) in [6, 6.07) is 7.67. The predicted octanol–water partition coefficient (Wildman–Crippen LogP) is 2.05. The summed E-state index contributed by atoms with van der Waals surface area (Å²) in [6.45, 7) is 3.97. The highest BCUT2D eigenvalue weighted by Crippen LogP contribution is 2.19. The van der Waals surface area contributed by atoms with Crippen molar-refractivity contribution in [2.45, 2.75) is 19.3 Å². The molecule has 0 aromatic heterocycles. The molecule has 0 bridgehead atoms. The van der Waals surface area contributed by atoms with E-state index >= 15 is 0 Å². The van der Waals surface area contributed by atoms with Gasteiger partial charge in [-0.15, -0.1) is 0 Å². The maximum atomic E-state index is 10.8. The minimum Gasteiger partial charge on any atom is -0.492 e. The summed E-state index contributed by atoms with van der Waals surface area (Å²) in [5.41, 5.74) is 5.99. The highest BCUT2D eigenvalue weighted by atomic mass is 16.5. The van der Waals surface area contributed by atoms with Crippen molar-refractivity contribution in [1.29, 1.82) is 0 Å². The quantitative estimate of drug-likeness (QED) is 0.808. The van der Waals surface area contributed by atoms with Crippen molar-refractivity contribution in [3.8, 4) is 5.75 Å². The molecular weight excluding hydrogens is 252 g/mol. The van der Waals surface area contributed by atoms with Gasteiger partial charge in [-0.25, -0.2) is 0 Å². The molecule has 0 atom stereocenters. The number of benzene rings is 1. The number of primary amides is 1. The highest BCUT2D eigenvalue weighted by Gasteiger charge is 2.09. The molecule has 2 N–H and O–H groups in total. The van der Waals surface area contributed by atoms with Gasteiger partial charge in [0.15, 0.2) is 0 Å². The van der Waals surface area contributed by atoms with Gasteiger partial charge in [0.25, 0.3) is 0 Å². The van der Waals surface area contributed by atoms with Crippen molar-refractivity contribution >= 4 is 12.0 Å². The zero-order valence-corrected chi connectivity index (χ0v) is 11.8. The Bertz CT molecular complexity index is 465. The van der Waals surface area contributed by atoms with Crippen LogP contribution in [-0.4, -0.2) is 37.0 Å². The number of carbonyl (C=O) groups excluding carboxylic acids is 1. The Hall–Kier alpha value is -1.81. The molecule has 1 saturated heterocycles. The zero-order chi connectivity index (χ0) is 14.2. The van der Waals surface area contributed by atoms with Gasteiger partial charge in [0, 0.05) is 18.2 Å². The van der Waals surface area contributed by atoms with Gasteiger partial charge in [-0.1, -0.05) is 24.6 Å². The van der Waals surface area contributed by atoms with Crippen LogP contribution in [-0.2, 0) is 4.79 Å². The molecule has 1 aromatic rings. The van der Waals surface area contributed by atoms with Crippen LogP contribution < -0.4 is 10.5 Å². The van der Waals surface area contributed by atoms with E-state index in [0.29, 0.717) is 6.61 Å². The summed E-state index contributed by atoms with van der Waals surface area (Å²) in [5.74, 6) is 0.343. The van der Waals surface area contributed by atoms with Crippen LogP contribution in [0.15, 0.2) is 30.3 Å². The Balaban J connectivity index is 1.86. The number of hydrogen-bond acceptors (Lipinski definition) is 3. The van der Waals surface area contributed by atoms with E-state index in [2.05, 4.69) is 4.90 Å². The number of nitrogens with zero attached hydrogens (tertiary/aromatic N) is 1. The Morgan fingerprint density at radius 3 is 2.75 bits per heavy atom. The molecule has 1 aliphatic rings. The van der Waals surface area contributed by atoms with Crippen LogP contribution in [0.3, 0.4) is 0 Å². The summed E-state index contributed by atoms with van der Waals surface area (Å²) in [7, 11) is 0. The standard InChI is InChI=1S/C16H22N2O2/c17-16(19)9-8-14-6-2-3-7-15(14)20-13-12-18-10-4-1-5-11-18/h2-3,6-9H,1,4-5,10-13H2,(H2,17,19)/b9-8-. The Morgan fingerprint density at radius 1 is 1.25 bits per heavy atom. The molecule has 108 valence electrons. The maximum absolute atomic E-state index is 10.8. The molecule has 0 spiro atoms. The van der Waals surface area contributed by atoms with E-state index in [1.54, 1.807) is 6.08 Å². The third-order valence-electron chi connectivity index (χ3n) is 3.46. The van der Waals surface area contributed by atoms with Crippen LogP contribution in [0.25, 0.3) is 6.08 Å². The Kier molecular flexibility index (Phi) is 5.62. The summed E-state index contributed by atoms with van der Waals surface area (Å²) < 4.78 is 5.83. The van der Waals surface area contributed by atoms with Crippen LogP contribution in [0.4, 0.5) is 0 Å². The lowest BCUT2D eigenvalue weighted by atomic mass is 10.1. The second-order valence-electron chi connectivity index (χ2n) is 5.02. The number of likely N-dealkylation sites (tertiary alicyclic amines) is 1. The molecule has 4 nitrogen and oxygen atoms in total. The first-order valence-electron chi connectivity index (χ1n) is 7.17. The fourth-order valence-corrected chi connectivity index (χ4v) is 2.39. The van der Waals surface area contributed by atoms with Gasteiger partial charge >= 0.3 is 0 Å². The topological polar surface area (TPSA) is 55.6 Å². The van der Waals surface area contributed by atoms with Gasteiger partial charge < -0.3 is 10.5 Å². The van der Waals surface area contributed by atoms with Crippen LogP contribution in [0, 0.1) is 0 Å². The Morgan fingerprint density at radius 2 is 2.00 bits per heavy atom. The molecule has 0 saturated carbocycles. The van der Waals surface area contributed by atoms with Crippen molar-refractivity contribution < 1.29 is 9.53 Å². The van der Waals surface area contributed by atoms with Gasteiger partial charge in [0.05, 0.1) is 0 Å². The normalized spacial score (nSPS) is 16.4. The second kappa shape index (κ2) is 7.70. The summed E-state index contributed by atoms with van der Waals surface area (Å²) in [5, 5.41) is 0. The smallest absolute Gasteiger partial charge is 0.241 e. The van der Waals surface area contributed by atoms with E-state index in [4.69, 9.17) is 10.5 Å². The summed E-state index contributed by atoms with van der Waals surface area (Å²) in [4.78, 5) is 13.2. The molecule has 1 aliphatic heterocycles. The summed E-state index contributed by atoms with van der Waals surface area (Å²) >= 11 is 0. The molecule has 4 heteroatoms. The second-order valence-corrected chi connectivity index (χ2v) is 5.02. The van der Waals surface area contributed by atoms with E-state index in [-0.39, 0.29) is 0 Å². The molecule has 0 radical (unpaired) electrons. The Labute approximate surface area is 120 Å². The lowest BCUT2D eigenvalue weighted by Crippen LogP contribution is -2.33. The molecule has 1 heterocycles. The average Bonchev–Trinajstić information content (AvgIpc) is 2.47. The van der Waals surface area contributed by atoms with Crippen molar-refractivity contribution in [3.63, 3.8) is 0 Å². The van der Waals surface area contributed by atoms with E-state index in [1.807, 2.05) is 24.3 Å². The molecule has 1 aromatic carbocycles. The molecular formula is C16H22N2O2. The van der Waals surface area contributed by atoms with Crippen molar-refractivity contribution in [1.82, 2.24) is 4.90 Å². The highest BCUT2D eigenvalue weighted by molar-refractivity contribution is 5.90. The van der Waals surface area contributed by atoms with Gasteiger partial charge in [-0.3, -0.25) is 9.69 Å². The number of para-hydroxylation sites is 1. The molecule has 2 rings (SSSR count). The van der Waals surface area contributed by atoms with E-state index in [9.17, 15) is 4.79 Å². The monoisotopic (exact) mass is 274 g/mol. The van der Waals surface area contributed by atoms with Crippen molar-refractivity contribution in [3.05, 3.63) is 35.9 Å². The van der Waals surface area contributed by atoms with Crippen LogP contribution >= 0.6 is 0 Å². The van der Waals surface area contributed by atoms with E-state index < -0.39 is 5.91 Å².